The fourth-order valence-electron chi connectivity index (χ4n) is 0.391. The summed E-state index contributed by atoms with van der Waals surface area (Å²) in [5.74, 6) is -5.71. The molecule has 0 bridgehead atoms. The van der Waals surface area contributed by atoms with Gasteiger partial charge in [0.1, 0.15) is 0 Å². The van der Waals surface area contributed by atoms with Crippen LogP contribution in [0.25, 0.3) is 0 Å². The number of carbonyl (C=O) groups is 1. The molecule has 0 aliphatic heterocycles. The minimum Gasteiger partial charge on any atom is -0.456 e. The first-order valence-electron chi connectivity index (χ1n) is 3.43. The second-order valence-corrected chi connectivity index (χ2v) is 2.40. The fourth-order valence-corrected chi connectivity index (χ4v) is 0.391. The molecule has 3 nitrogen and oxygen atoms in total. The molecule has 0 unspecified atom stereocenters. The maximum Gasteiger partial charge on any atom is 0.340 e. The number of ether oxygens (including phenoxy) is 1. The molecule has 0 radical (unpaired) electrons. The quantitative estimate of drug-likeness (QED) is 0.423. The van der Waals surface area contributed by atoms with Gasteiger partial charge in [0.2, 0.25) is 0 Å². The van der Waals surface area contributed by atoms with E-state index >= 15 is 0 Å². The van der Waals surface area contributed by atoms with Gasteiger partial charge in [-0.1, -0.05) is 6.58 Å². The zero-order valence-corrected chi connectivity index (χ0v) is 6.97. The highest BCUT2D eigenvalue weighted by Crippen LogP contribution is 2.23. The van der Waals surface area contributed by atoms with Gasteiger partial charge in [-0.2, -0.15) is 8.78 Å². The molecule has 0 saturated heterocycles. The highest BCUT2D eigenvalue weighted by molar-refractivity contribution is 5.87. The van der Waals surface area contributed by atoms with Crippen LogP contribution in [0.2, 0.25) is 0 Å². The molecule has 0 spiro atoms. The van der Waals surface area contributed by atoms with Crippen molar-refractivity contribution >= 4 is 5.97 Å². The fraction of sp³-hybridized carbons (Fsp3) is 0.571. The van der Waals surface area contributed by atoms with Crippen LogP contribution >= 0.6 is 0 Å². The van der Waals surface area contributed by atoms with E-state index in [1.807, 2.05) is 0 Å². The van der Waals surface area contributed by atoms with E-state index in [2.05, 4.69) is 11.3 Å². The van der Waals surface area contributed by atoms with Crippen LogP contribution in [0.5, 0.6) is 0 Å². The second kappa shape index (κ2) is 4.94. The minimum absolute atomic E-state index is 0.477. The van der Waals surface area contributed by atoms with E-state index in [4.69, 9.17) is 5.11 Å². The topological polar surface area (TPSA) is 46.5 Å². The smallest absolute Gasteiger partial charge is 0.340 e. The number of halogens is 4. The molecule has 14 heavy (non-hydrogen) atoms. The third kappa shape index (κ3) is 3.73. The summed E-state index contributed by atoms with van der Waals surface area (Å²) in [5, 5.41) is 8.31. The normalized spacial score (nSPS) is 11.6. The highest BCUT2D eigenvalue weighted by atomic mass is 19.3. The van der Waals surface area contributed by atoms with Crippen LogP contribution in [0, 0.1) is 0 Å². The van der Waals surface area contributed by atoms with Crippen LogP contribution in [0.1, 0.15) is 0 Å². The first kappa shape index (κ1) is 12.9. The maximum absolute atomic E-state index is 12.2. The SMILES string of the molecule is C=C(CO)C(=O)OCC(F)(F)C(F)F. The number of hydrogen-bond donors (Lipinski definition) is 1. The van der Waals surface area contributed by atoms with E-state index in [0.717, 1.165) is 0 Å². The Bertz CT molecular complexity index is 227. The van der Waals surface area contributed by atoms with Crippen molar-refractivity contribution < 1.29 is 32.2 Å². The number of aliphatic hydroxyl groups is 1. The Labute approximate surface area is 77.0 Å². The zero-order valence-electron chi connectivity index (χ0n) is 6.97. The van der Waals surface area contributed by atoms with Gasteiger partial charge in [0.05, 0.1) is 12.2 Å². The summed E-state index contributed by atoms with van der Waals surface area (Å²) in [6, 6.07) is 0. The highest BCUT2D eigenvalue weighted by Gasteiger charge is 2.42. The predicted molar refractivity (Wildman–Crippen MR) is 38.1 cm³/mol. The molecule has 0 fully saturated rings. The Hall–Kier alpha value is -1.11. The molecule has 0 aliphatic carbocycles. The van der Waals surface area contributed by atoms with E-state index in [-0.39, 0.29) is 0 Å². The van der Waals surface area contributed by atoms with Crippen molar-refractivity contribution in [1.29, 1.82) is 0 Å². The molecular formula is C7H8F4O3. The number of rotatable bonds is 5. The number of alkyl halides is 4. The van der Waals surface area contributed by atoms with Crippen molar-refractivity contribution in [3.05, 3.63) is 12.2 Å². The van der Waals surface area contributed by atoms with Gasteiger partial charge in [-0.25, -0.2) is 13.6 Å². The van der Waals surface area contributed by atoms with Crippen molar-refractivity contribution in [2.75, 3.05) is 13.2 Å². The Kier molecular flexibility index (Phi) is 4.55. The summed E-state index contributed by atoms with van der Waals surface area (Å²) in [5.41, 5.74) is -0.477. The third-order valence-electron chi connectivity index (χ3n) is 1.19. The molecule has 82 valence electrons. The summed E-state index contributed by atoms with van der Waals surface area (Å²) in [7, 11) is 0. The summed E-state index contributed by atoms with van der Waals surface area (Å²) in [6.07, 6.45) is -3.90. The first-order chi connectivity index (χ1) is 6.31. The van der Waals surface area contributed by atoms with Crippen LogP contribution in [-0.2, 0) is 9.53 Å². The van der Waals surface area contributed by atoms with Crippen LogP contribution < -0.4 is 0 Å². The molecule has 0 aromatic heterocycles. The van der Waals surface area contributed by atoms with E-state index < -0.39 is 37.1 Å². The van der Waals surface area contributed by atoms with E-state index in [1.165, 1.54) is 0 Å². The molecule has 1 N–H and O–H groups in total. The van der Waals surface area contributed by atoms with Gasteiger partial charge in [-0.3, -0.25) is 0 Å². The third-order valence-corrected chi connectivity index (χ3v) is 1.19. The lowest BCUT2D eigenvalue weighted by atomic mass is 10.3. The molecule has 0 heterocycles. The van der Waals surface area contributed by atoms with E-state index in [0.29, 0.717) is 0 Å². The second-order valence-electron chi connectivity index (χ2n) is 2.40. The Morgan fingerprint density at radius 1 is 1.50 bits per heavy atom. The van der Waals surface area contributed by atoms with Crippen molar-refractivity contribution in [2.45, 2.75) is 12.3 Å². The van der Waals surface area contributed by atoms with Crippen molar-refractivity contribution in [3.63, 3.8) is 0 Å². The number of hydrogen-bond acceptors (Lipinski definition) is 3. The maximum atomic E-state index is 12.2. The summed E-state index contributed by atoms with van der Waals surface area (Å²) >= 11 is 0. The van der Waals surface area contributed by atoms with E-state index in [9.17, 15) is 22.4 Å². The van der Waals surface area contributed by atoms with Gasteiger partial charge >= 0.3 is 18.3 Å². The average molecular weight is 216 g/mol. The zero-order chi connectivity index (χ0) is 11.4. The van der Waals surface area contributed by atoms with E-state index in [1.54, 1.807) is 0 Å². The molecule has 0 aromatic rings. The first-order valence-corrected chi connectivity index (χ1v) is 3.43. The van der Waals surface area contributed by atoms with Gasteiger partial charge in [-0.15, -0.1) is 0 Å². The summed E-state index contributed by atoms with van der Waals surface area (Å²) < 4.78 is 51.2. The van der Waals surface area contributed by atoms with Crippen LogP contribution in [-0.4, -0.2) is 36.6 Å². The van der Waals surface area contributed by atoms with Gasteiger partial charge in [0.15, 0.2) is 6.61 Å². The monoisotopic (exact) mass is 216 g/mol. The average Bonchev–Trinajstić information content (AvgIpc) is 2.12. The van der Waals surface area contributed by atoms with Crippen molar-refractivity contribution in [3.8, 4) is 0 Å². The van der Waals surface area contributed by atoms with Crippen LogP contribution in [0.15, 0.2) is 12.2 Å². The largest absolute Gasteiger partial charge is 0.456 e. The molecule has 0 saturated carbocycles. The summed E-state index contributed by atoms with van der Waals surface area (Å²) in [6.45, 7) is 0.449. The number of aliphatic hydroxyl groups excluding tert-OH is 1. The van der Waals surface area contributed by atoms with Gasteiger partial charge in [-0.05, 0) is 0 Å². The molecule has 0 aliphatic rings. The van der Waals surface area contributed by atoms with Crippen LogP contribution in [0.3, 0.4) is 0 Å². The van der Waals surface area contributed by atoms with Crippen molar-refractivity contribution in [1.82, 2.24) is 0 Å². The summed E-state index contributed by atoms with van der Waals surface area (Å²) in [4.78, 5) is 10.6. The number of carbonyl (C=O) groups excluding carboxylic acids is 1. The Balaban J connectivity index is 4.06. The standard InChI is InChI=1S/C7H8F4O3/c1-4(2-12)5(13)14-3-7(10,11)6(8)9/h6,12H,1-3H2. The Morgan fingerprint density at radius 2 is 2.00 bits per heavy atom. The minimum atomic E-state index is -4.38. The number of esters is 1. The molecule has 0 rings (SSSR count). The lowest BCUT2D eigenvalue weighted by Gasteiger charge is -2.14. The van der Waals surface area contributed by atoms with Gasteiger partial charge in [0, 0.05) is 0 Å². The molecule has 7 heteroatoms. The lowest BCUT2D eigenvalue weighted by Crippen LogP contribution is -2.33. The van der Waals surface area contributed by atoms with Crippen LogP contribution in [0.4, 0.5) is 17.6 Å². The van der Waals surface area contributed by atoms with Crippen molar-refractivity contribution in [2.24, 2.45) is 0 Å². The lowest BCUT2D eigenvalue weighted by molar-refractivity contribution is -0.177. The van der Waals surface area contributed by atoms with Gasteiger partial charge in [0.25, 0.3) is 0 Å². The predicted octanol–water partition coefficient (Wildman–Crippen LogP) is 0.978. The molecular weight excluding hydrogens is 208 g/mol. The molecule has 0 amide bonds. The molecule has 0 atom stereocenters. The van der Waals surface area contributed by atoms with Gasteiger partial charge < -0.3 is 9.84 Å². The molecule has 0 aromatic carbocycles. The Morgan fingerprint density at radius 3 is 2.36 bits per heavy atom.